The minimum Gasteiger partial charge on any atom is -0.508 e. The third kappa shape index (κ3) is 5.04. The summed E-state index contributed by atoms with van der Waals surface area (Å²) in [6.45, 7) is 2.17. The second-order valence-electron chi connectivity index (χ2n) is 9.22. The fraction of sp³-hybridized carbons (Fsp3) is 0.345. The van der Waals surface area contributed by atoms with Gasteiger partial charge in [0.2, 0.25) is 0 Å². The molecular weight excluding hydrogens is 428 g/mol. The number of carbonyl (C=O) groups is 1. The van der Waals surface area contributed by atoms with E-state index in [9.17, 15) is 20.1 Å². The largest absolute Gasteiger partial charge is 0.508 e. The summed E-state index contributed by atoms with van der Waals surface area (Å²) in [6.07, 6.45) is 11.7. The summed E-state index contributed by atoms with van der Waals surface area (Å²) < 4.78 is 5.36. The van der Waals surface area contributed by atoms with Gasteiger partial charge in [0, 0.05) is 18.1 Å². The molecule has 0 spiro atoms. The number of benzene rings is 2. The molecule has 1 saturated carbocycles. The monoisotopic (exact) mass is 460 g/mol. The molecule has 0 aliphatic heterocycles. The van der Waals surface area contributed by atoms with Crippen LogP contribution in [-0.2, 0) is 6.42 Å². The van der Waals surface area contributed by atoms with Crippen molar-refractivity contribution in [2.75, 3.05) is 7.11 Å². The molecule has 1 unspecified atom stereocenters. The van der Waals surface area contributed by atoms with E-state index in [2.05, 4.69) is 13.0 Å². The van der Waals surface area contributed by atoms with Gasteiger partial charge >= 0.3 is 0 Å². The lowest BCUT2D eigenvalue weighted by molar-refractivity contribution is 0.0969. The fourth-order valence-corrected chi connectivity index (χ4v) is 5.11. The smallest absolute Gasteiger partial charge is 0.170 e. The summed E-state index contributed by atoms with van der Waals surface area (Å²) in [5.41, 5.74) is 5.62. The summed E-state index contributed by atoms with van der Waals surface area (Å²) in [5, 5.41) is 30.9. The maximum atomic E-state index is 13.1. The lowest BCUT2D eigenvalue weighted by Crippen LogP contribution is -2.12. The van der Waals surface area contributed by atoms with E-state index >= 15 is 0 Å². The van der Waals surface area contributed by atoms with E-state index in [1.54, 1.807) is 24.3 Å². The van der Waals surface area contributed by atoms with Crippen molar-refractivity contribution in [3.05, 3.63) is 75.9 Å². The minimum atomic E-state index is -0.259. The zero-order chi connectivity index (χ0) is 24.2. The number of ketones is 1. The Hall–Kier alpha value is -3.47. The van der Waals surface area contributed by atoms with Crippen LogP contribution in [0.2, 0.25) is 0 Å². The molecular formula is C29H32O5. The van der Waals surface area contributed by atoms with Crippen molar-refractivity contribution in [2.24, 2.45) is 5.92 Å². The number of phenols is 3. The highest BCUT2D eigenvalue weighted by Crippen LogP contribution is 2.42. The second kappa shape index (κ2) is 10.2. The van der Waals surface area contributed by atoms with Gasteiger partial charge in [-0.1, -0.05) is 47.1 Å². The van der Waals surface area contributed by atoms with Crippen molar-refractivity contribution in [1.29, 1.82) is 0 Å². The molecule has 2 bridgehead atoms. The second-order valence-corrected chi connectivity index (χ2v) is 9.22. The highest BCUT2D eigenvalue weighted by molar-refractivity contribution is 6.02. The van der Waals surface area contributed by atoms with E-state index in [0.29, 0.717) is 30.1 Å². The van der Waals surface area contributed by atoms with Crippen molar-refractivity contribution < 1.29 is 24.9 Å². The molecule has 0 aromatic heterocycles. The van der Waals surface area contributed by atoms with Gasteiger partial charge in [0.1, 0.15) is 28.6 Å². The standard InChI is InChI=1S/C29H32O5/c1-18-15-21-7-4-6-20(18)16-22(21)11-14-25(31)28-26(32)17-27(34-2)24(29(28)33)8-3-5-19-9-12-23(30)13-10-19/h3,5,9-10,12-13,15,17,22,30,32-33H,4,6-8,11,14,16H2,1-2H3/b5-3+. The molecule has 34 heavy (non-hydrogen) atoms. The molecule has 0 radical (unpaired) electrons. The van der Waals surface area contributed by atoms with Crippen LogP contribution in [0.3, 0.4) is 0 Å². The SMILES string of the molecule is COc1cc(O)c(C(=O)CCC2CC3=C(C)C=C2CCC3)c(O)c1C/C=C/c1ccc(O)cc1. The van der Waals surface area contributed by atoms with Crippen molar-refractivity contribution in [3.63, 3.8) is 0 Å². The first-order chi connectivity index (χ1) is 16.4. The Labute approximate surface area is 200 Å². The molecule has 178 valence electrons. The fourth-order valence-electron chi connectivity index (χ4n) is 5.11. The van der Waals surface area contributed by atoms with E-state index in [1.807, 2.05) is 12.2 Å². The van der Waals surface area contributed by atoms with Crippen LogP contribution in [-0.4, -0.2) is 28.2 Å². The first kappa shape index (κ1) is 23.7. The summed E-state index contributed by atoms with van der Waals surface area (Å²) in [4.78, 5) is 13.1. The summed E-state index contributed by atoms with van der Waals surface area (Å²) >= 11 is 0. The number of methoxy groups -OCH3 is 1. The lowest BCUT2D eigenvalue weighted by atomic mass is 9.81. The molecule has 0 amide bonds. The Morgan fingerprint density at radius 2 is 1.91 bits per heavy atom. The van der Waals surface area contributed by atoms with Crippen LogP contribution in [0, 0.1) is 5.92 Å². The van der Waals surface area contributed by atoms with Crippen molar-refractivity contribution in [1.82, 2.24) is 0 Å². The van der Waals surface area contributed by atoms with Gasteiger partial charge < -0.3 is 20.1 Å². The number of ether oxygens (including phenoxy) is 1. The number of rotatable bonds is 8. The predicted octanol–water partition coefficient (Wildman–Crippen LogP) is 6.48. The van der Waals surface area contributed by atoms with Crippen LogP contribution < -0.4 is 4.74 Å². The molecule has 5 heteroatoms. The average Bonchev–Trinajstić information content (AvgIpc) is 3.13. The molecule has 0 heterocycles. The van der Waals surface area contributed by atoms with E-state index in [4.69, 9.17) is 4.74 Å². The Balaban J connectivity index is 1.50. The maximum Gasteiger partial charge on any atom is 0.170 e. The number of allylic oxidation sites excluding steroid dienone is 5. The number of aromatic hydroxyl groups is 3. The van der Waals surface area contributed by atoms with Gasteiger partial charge in [0.05, 0.1) is 7.11 Å². The molecule has 5 rings (SSSR count). The molecule has 2 aromatic carbocycles. The number of hydrogen-bond acceptors (Lipinski definition) is 5. The van der Waals surface area contributed by atoms with Crippen LogP contribution in [0.25, 0.3) is 6.08 Å². The Bertz CT molecular complexity index is 1170. The van der Waals surface area contributed by atoms with Gasteiger partial charge in [0.25, 0.3) is 0 Å². The van der Waals surface area contributed by atoms with Gasteiger partial charge in [-0.05, 0) is 69.1 Å². The lowest BCUT2D eigenvalue weighted by Gasteiger charge is -2.24. The van der Waals surface area contributed by atoms with E-state index in [-0.39, 0.29) is 35.0 Å². The van der Waals surface area contributed by atoms with E-state index < -0.39 is 0 Å². The average molecular weight is 461 g/mol. The third-order valence-electron chi connectivity index (χ3n) is 7.01. The van der Waals surface area contributed by atoms with Crippen LogP contribution >= 0.6 is 0 Å². The van der Waals surface area contributed by atoms with Crippen molar-refractivity contribution >= 4 is 11.9 Å². The predicted molar refractivity (Wildman–Crippen MR) is 133 cm³/mol. The number of Topliss-reactive ketones (excluding diaryl/α,β-unsaturated/α-hetero) is 1. The first-order valence-electron chi connectivity index (χ1n) is 11.9. The van der Waals surface area contributed by atoms with Crippen LogP contribution in [0.4, 0.5) is 0 Å². The maximum absolute atomic E-state index is 13.1. The molecule has 1 atom stereocenters. The number of carbonyl (C=O) groups excluding carboxylic acids is 1. The highest BCUT2D eigenvalue weighted by Gasteiger charge is 2.27. The van der Waals surface area contributed by atoms with Gasteiger partial charge in [-0.25, -0.2) is 0 Å². The summed E-state index contributed by atoms with van der Waals surface area (Å²) in [5.74, 6) is 0.143. The zero-order valence-corrected chi connectivity index (χ0v) is 19.8. The quantitative estimate of drug-likeness (QED) is 0.393. The number of fused-ring (bicyclic) bond motifs is 4. The topological polar surface area (TPSA) is 87.0 Å². The Morgan fingerprint density at radius 3 is 2.65 bits per heavy atom. The van der Waals surface area contributed by atoms with Gasteiger partial charge in [-0.3, -0.25) is 4.79 Å². The van der Waals surface area contributed by atoms with Crippen LogP contribution in [0.5, 0.6) is 23.0 Å². The molecule has 5 nitrogen and oxygen atoms in total. The van der Waals surface area contributed by atoms with Crippen molar-refractivity contribution in [2.45, 2.75) is 51.9 Å². The molecule has 3 N–H and O–H groups in total. The number of phenolic OH excluding ortho intramolecular Hbond substituents is 3. The molecule has 0 saturated heterocycles. The highest BCUT2D eigenvalue weighted by atomic mass is 16.5. The van der Waals surface area contributed by atoms with E-state index in [1.165, 1.54) is 36.3 Å². The van der Waals surface area contributed by atoms with E-state index in [0.717, 1.165) is 24.8 Å². The molecule has 2 aromatic rings. The van der Waals surface area contributed by atoms with Crippen LogP contribution in [0.1, 0.15) is 66.9 Å². The zero-order valence-electron chi connectivity index (χ0n) is 19.8. The molecule has 1 fully saturated rings. The normalized spacial score (nSPS) is 17.7. The van der Waals surface area contributed by atoms with Crippen LogP contribution in [0.15, 0.2) is 59.2 Å². The first-order valence-corrected chi connectivity index (χ1v) is 11.9. The van der Waals surface area contributed by atoms with Gasteiger partial charge in [-0.2, -0.15) is 0 Å². The Morgan fingerprint density at radius 1 is 1.15 bits per heavy atom. The summed E-state index contributed by atoms with van der Waals surface area (Å²) in [7, 11) is 1.47. The Kier molecular flexibility index (Phi) is 7.11. The third-order valence-corrected chi connectivity index (χ3v) is 7.01. The minimum absolute atomic E-state index is 0.0306. The van der Waals surface area contributed by atoms with Gasteiger partial charge in [0.15, 0.2) is 5.78 Å². The molecule has 3 aliphatic carbocycles. The van der Waals surface area contributed by atoms with Crippen molar-refractivity contribution in [3.8, 4) is 23.0 Å². The number of hydrogen-bond donors (Lipinski definition) is 3. The van der Waals surface area contributed by atoms with Gasteiger partial charge in [-0.15, -0.1) is 0 Å². The summed E-state index contributed by atoms with van der Waals surface area (Å²) in [6, 6.07) is 8.16. The molecule has 3 aliphatic rings.